The van der Waals surface area contributed by atoms with Crippen LogP contribution in [0.15, 0.2) is 0 Å². The van der Waals surface area contributed by atoms with Crippen molar-refractivity contribution in [3.8, 4) is 0 Å². The van der Waals surface area contributed by atoms with E-state index in [1.807, 2.05) is 20.8 Å². The van der Waals surface area contributed by atoms with Crippen LogP contribution in [-0.2, 0) is 14.3 Å². The van der Waals surface area contributed by atoms with Crippen LogP contribution in [0.5, 0.6) is 0 Å². The van der Waals surface area contributed by atoms with Crippen molar-refractivity contribution in [2.75, 3.05) is 12.9 Å². The first-order chi connectivity index (χ1) is 4.77. The molecule has 0 amide bonds. The molecule has 0 spiro atoms. The fraction of sp³-hybridized carbons (Fsp3) is 1.00. The second-order valence-corrected chi connectivity index (χ2v) is 5.13. The van der Waals surface area contributed by atoms with Crippen molar-refractivity contribution in [3.63, 3.8) is 0 Å². The highest BCUT2D eigenvalue weighted by Crippen LogP contribution is 2.20. The van der Waals surface area contributed by atoms with E-state index in [1.165, 1.54) is 0 Å². The van der Waals surface area contributed by atoms with Gasteiger partial charge in [-0.3, -0.25) is 4.18 Å². The van der Waals surface area contributed by atoms with Crippen LogP contribution >= 0.6 is 0 Å². The minimum atomic E-state index is -3.27. The molecule has 11 heavy (non-hydrogen) atoms. The van der Waals surface area contributed by atoms with Gasteiger partial charge >= 0.3 is 0 Å². The van der Waals surface area contributed by atoms with Gasteiger partial charge in [-0.25, -0.2) is 0 Å². The van der Waals surface area contributed by atoms with Crippen molar-refractivity contribution in [2.45, 2.75) is 27.2 Å². The third-order valence-electron chi connectivity index (χ3n) is 1.62. The summed E-state index contributed by atoms with van der Waals surface area (Å²) in [5.74, 6) is 0. The molecule has 0 heterocycles. The molecule has 0 aromatic carbocycles. The van der Waals surface area contributed by atoms with Crippen LogP contribution in [-0.4, -0.2) is 21.3 Å². The van der Waals surface area contributed by atoms with Crippen LogP contribution in [0.4, 0.5) is 0 Å². The summed E-state index contributed by atoms with van der Waals surface area (Å²) in [6, 6.07) is 0. The molecule has 0 aliphatic heterocycles. The molecule has 0 saturated carbocycles. The van der Waals surface area contributed by atoms with E-state index in [2.05, 4.69) is 4.18 Å². The Morgan fingerprint density at radius 1 is 1.36 bits per heavy atom. The van der Waals surface area contributed by atoms with Gasteiger partial charge in [0.2, 0.25) is 0 Å². The van der Waals surface area contributed by atoms with Gasteiger partial charge in [-0.05, 0) is 11.8 Å². The standard InChI is InChI=1S/C7H16O3S/c1-5-7(2,3)6-10-11(4,8)9/h5-6H2,1-4H3. The highest BCUT2D eigenvalue weighted by molar-refractivity contribution is 7.85. The smallest absolute Gasteiger partial charge is 0.264 e. The summed E-state index contributed by atoms with van der Waals surface area (Å²) in [4.78, 5) is 0. The van der Waals surface area contributed by atoms with Crippen molar-refractivity contribution in [1.82, 2.24) is 0 Å². The molecule has 0 aliphatic rings. The summed E-state index contributed by atoms with van der Waals surface area (Å²) >= 11 is 0. The first-order valence-corrected chi connectivity index (χ1v) is 5.43. The first-order valence-electron chi connectivity index (χ1n) is 3.61. The number of hydrogen-bond donors (Lipinski definition) is 0. The maximum absolute atomic E-state index is 10.6. The molecule has 3 nitrogen and oxygen atoms in total. The van der Waals surface area contributed by atoms with Crippen LogP contribution in [0.2, 0.25) is 0 Å². The van der Waals surface area contributed by atoms with Gasteiger partial charge in [-0.15, -0.1) is 0 Å². The quantitative estimate of drug-likeness (QED) is 0.614. The molecule has 4 heteroatoms. The zero-order valence-corrected chi connectivity index (χ0v) is 8.36. The van der Waals surface area contributed by atoms with Crippen LogP contribution in [0.25, 0.3) is 0 Å². The lowest BCUT2D eigenvalue weighted by atomic mass is 9.92. The van der Waals surface area contributed by atoms with E-state index >= 15 is 0 Å². The molecule has 0 atom stereocenters. The maximum atomic E-state index is 10.6. The molecule has 0 N–H and O–H groups in total. The predicted octanol–water partition coefficient (Wildman–Crippen LogP) is 1.40. The van der Waals surface area contributed by atoms with Crippen molar-refractivity contribution in [2.24, 2.45) is 5.41 Å². The van der Waals surface area contributed by atoms with E-state index in [-0.39, 0.29) is 12.0 Å². The summed E-state index contributed by atoms with van der Waals surface area (Å²) < 4.78 is 25.8. The second kappa shape index (κ2) is 3.54. The summed E-state index contributed by atoms with van der Waals surface area (Å²) in [5, 5.41) is 0. The molecular formula is C7H16O3S. The van der Waals surface area contributed by atoms with Gasteiger partial charge in [-0.2, -0.15) is 8.42 Å². The fourth-order valence-corrected chi connectivity index (χ4v) is 0.902. The molecule has 0 bridgehead atoms. The highest BCUT2D eigenvalue weighted by atomic mass is 32.2. The average Bonchev–Trinajstić information content (AvgIpc) is 1.83. The minimum absolute atomic E-state index is 0.0525. The first kappa shape index (κ1) is 10.9. The Balaban J connectivity index is 3.90. The molecule has 0 radical (unpaired) electrons. The van der Waals surface area contributed by atoms with Gasteiger partial charge < -0.3 is 0 Å². The van der Waals surface area contributed by atoms with E-state index in [1.54, 1.807) is 0 Å². The highest BCUT2D eigenvalue weighted by Gasteiger charge is 2.17. The van der Waals surface area contributed by atoms with Crippen LogP contribution in [0.1, 0.15) is 27.2 Å². The van der Waals surface area contributed by atoms with Gasteiger partial charge in [0.05, 0.1) is 12.9 Å². The molecule has 0 aromatic heterocycles. The lowest BCUT2D eigenvalue weighted by Crippen LogP contribution is -2.20. The third kappa shape index (κ3) is 6.31. The monoisotopic (exact) mass is 180 g/mol. The number of rotatable bonds is 4. The minimum Gasteiger partial charge on any atom is -0.270 e. The molecule has 0 saturated heterocycles. The average molecular weight is 180 g/mol. The largest absolute Gasteiger partial charge is 0.270 e. The predicted molar refractivity (Wildman–Crippen MR) is 44.9 cm³/mol. The third-order valence-corrected chi connectivity index (χ3v) is 2.17. The van der Waals surface area contributed by atoms with Gasteiger partial charge in [0, 0.05) is 0 Å². The molecule has 0 aromatic rings. The zero-order valence-electron chi connectivity index (χ0n) is 7.55. The lowest BCUT2D eigenvalue weighted by molar-refractivity contribution is 0.182. The Labute approximate surface area is 68.9 Å². The zero-order chi connectivity index (χ0) is 9.12. The van der Waals surface area contributed by atoms with Crippen LogP contribution < -0.4 is 0 Å². The van der Waals surface area contributed by atoms with Crippen molar-refractivity contribution in [1.29, 1.82) is 0 Å². The Morgan fingerprint density at radius 2 is 1.82 bits per heavy atom. The second-order valence-electron chi connectivity index (χ2n) is 3.48. The molecule has 68 valence electrons. The Kier molecular flexibility index (Phi) is 3.51. The fourth-order valence-electron chi connectivity index (χ4n) is 0.369. The summed E-state index contributed by atoms with van der Waals surface area (Å²) in [6.45, 7) is 6.21. The van der Waals surface area contributed by atoms with E-state index in [0.29, 0.717) is 0 Å². The van der Waals surface area contributed by atoms with Gasteiger partial charge in [0.1, 0.15) is 0 Å². The lowest BCUT2D eigenvalue weighted by Gasteiger charge is -2.20. The van der Waals surface area contributed by atoms with Crippen LogP contribution in [0.3, 0.4) is 0 Å². The summed E-state index contributed by atoms with van der Waals surface area (Å²) in [7, 11) is -3.27. The molecular weight excluding hydrogens is 164 g/mol. The summed E-state index contributed by atoms with van der Waals surface area (Å²) in [5.41, 5.74) is -0.0525. The van der Waals surface area contributed by atoms with Crippen molar-refractivity contribution < 1.29 is 12.6 Å². The Morgan fingerprint density at radius 3 is 2.09 bits per heavy atom. The normalized spacial score (nSPS) is 13.5. The summed E-state index contributed by atoms with van der Waals surface area (Å²) in [6.07, 6.45) is 1.97. The van der Waals surface area contributed by atoms with E-state index in [4.69, 9.17) is 0 Å². The van der Waals surface area contributed by atoms with E-state index < -0.39 is 10.1 Å². The van der Waals surface area contributed by atoms with Crippen molar-refractivity contribution in [3.05, 3.63) is 0 Å². The van der Waals surface area contributed by atoms with Gasteiger partial charge in [-0.1, -0.05) is 20.8 Å². The van der Waals surface area contributed by atoms with Gasteiger partial charge in [0.25, 0.3) is 10.1 Å². The number of hydrogen-bond acceptors (Lipinski definition) is 3. The molecule has 0 unspecified atom stereocenters. The Bertz CT molecular complexity index is 204. The topological polar surface area (TPSA) is 43.4 Å². The van der Waals surface area contributed by atoms with E-state index in [9.17, 15) is 8.42 Å². The van der Waals surface area contributed by atoms with Crippen LogP contribution in [0, 0.1) is 5.41 Å². The Hall–Kier alpha value is -0.0900. The van der Waals surface area contributed by atoms with Crippen molar-refractivity contribution >= 4 is 10.1 Å². The SMILES string of the molecule is CCC(C)(C)COS(C)(=O)=O. The molecule has 0 aliphatic carbocycles. The maximum Gasteiger partial charge on any atom is 0.264 e. The van der Waals surface area contributed by atoms with E-state index in [0.717, 1.165) is 12.7 Å². The molecule has 0 rings (SSSR count). The molecule has 0 fully saturated rings. The van der Waals surface area contributed by atoms with Gasteiger partial charge in [0.15, 0.2) is 0 Å².